The molecule has 0 aromatic heterocycles. The quantitative estimate of drug-likeness (QED) is 0.725. The van der Waals surface area contributed by atoms with Gasteiger partial charge in [-0.2, -0.15) is 11.8 Å². The molecular formula is C11H21NOS. The molecule has 0 bridgehead atoms. The predicted octanol–water partition coefficient (Wildman–Crippen LogP) is 2.39. The summed E-state index contributed by atoms with van der Waals surface area (Å²) < 4.78 is 6.14. The standard InChI is InChI=1S/C11H21NOS/c1-10(2)8-12-11(3,13-10)9-6-4-5-7-14-9/h9,12H,4-8H2,1-3H3. The summed E-state index contributed by atoms with van der Waals surface area (Å²) in [5.74, 6) is 1.30. The maximum Gasteiger partial charge on any atom is 0.129 e. The van der Waals surface area contributed by atoms with E-state index in [2.05, 4.69) is 37.8 Å². The number of hydrogen-bond acceptors (Lipinski definition) is 3. The Morgan fingerprint density at radius 2 is 2.07 bits per heavy atom. The van der Waals surface area contributed by atoms with Gasteiger partial charge in [-0.05, 0) is 39.4 Å². The lowest BCUT2D eigenvalue weighted by molar-refractivity contribution is -0.0810. The van der Waals surface area contributed by atoms with Crippen LogP contribution < -0.4 is 5.32 Å². The summed E-state index contributed by atoms with van der Waals surface area (Å²) in [5.41, 5.74) is -0.0820. The maximum absolute atomic E-state index is 6.14. The van der Waals surface area contributed by atoms with Crippen molar-refractivity contribution in [3.63, 3.8) is 0 Å². The molecule has 0 aromatic carbocycles. The monoisotopic (exact) mass is 215 g/mol. The molecule has 0 spiro atoms. The number of ether oxygens (including phenoxy) is 1. The van der Waals surface area contributed by atoms with E-state index in [1.165, 1.54) is 25.0 Å². The maximum atomic E-state index is 6.14. The Morgan fingerprint density at radius 1 is 1.29 bits per heavy atom. The first kappa shape index (κ1) is 10.8. The minimum Gasteiger partial charge on any atom is -0.353 e. The first-order chi connectivity index (χ1) is 6.52. The Kier molecular flexibility index (Phi) is 2.84. The molecule has 0 saturated carbocycles. The second-order valence-corrected chi connectivity index (χ2v) is 6.49. The van der Waals surface area contributed by atoms with Crippen LogP contribution >= 0.6 is 11.8 Å². The summed E-state index contributed by atoms with van der Waals surface area (Å²) in [6, 6.07) is 0. The van der Waals surface area contributed by atoms with Gasteiger partial charge in [0.1, 0.15) is 5.72 Å². The van der Waals surface area contributed by atoms with Crippen LogP contribution in [0.15, 0.2) is 0 Å². The summed E-state index contributed by atoms with van der Waals surface area (Å²) in [6.45, 7) is 7.52. The Balaban J connectivity index is 2.01. The van der Waals surface area contributed by atoms with E-state index in [-0.39, 0.29) is 11.3 Å². The van der Waals surface area contributed by atoms with E-state index in [0.717, 1.165) is 6.54 Å². The van der Waals surface area contributed by atoms with Crippen molar-refractivity contribution in [2.24, 2.45) is 0 Å². The highest BCUT2D eigenvalue weighted by Crippen LogP contribution is 2.38. The molecule has 0 radical (unpaired) electrons. The van der Waals surface area contributed by atoms with Gasteiger partial charge in [0.2, 0.25) is 0 Å². The van der Waals surface area contributed by atoms with Gasteiger partial charge in [-0.3, -0.25) is 5.32 Å². The average Bonchev–Trinajstić information content (AvgIpc) is 2.44. The first-order valence-electron chi connectivity index (χ1n) is 5.59. The summed E-state index contributed by atoms with van der Waals surface area (Å²) in [5, 5.41) is 4.19. The van der Waals surface area contributed by atoms with E-state index >= 15 is 0 Å². The molecule has 2 unspecified atom stereocenters. The molecule has 82 valence electrons. The Hall–Kier alpha value is 0.270. The number of nitrogens with one attached hydrogen (secondary N) is 1. The van der Waals surface area contributed by atoms with Crippen LogP contribution in [-0.4, -0.2) is 28.9 Å². The lowest BCUT2D eigenvalue weighted by Crippen LogP contribution is -2.48. The Labute approximate surface area is 91.2 Å². The highest BCUT2D eigenvalue weighted by molar-refractivity contribution is 8.00. The van der Waals surface area contributed by atoms with E-state index in [9.17, 15) is 0 Å². The van der Waals surface area contributed by atoms with Crippen LogP contribution in [0.5, 0.6) is 0 Å². The number of hydrogen-bond donors (Lipinski definition) is 1. The zero-order chi connectivity index (χ0) is 10.2. The van der Waals surface area contributed by atoms with Crippen molar-refractivity contribution in [2.45, 2.75) is 56.6 Å². The zero-order valence-corrected chi connectivity index (χ0v) is 10.2. The van der Waals surface area contributed by atoms with E-state index in [1.807, 2.05) is 0 Å². The third kappa shape index (κ3) is 2.10. The minimum atomic E-state index is -0.0887. The third-order valence-electron chi connectivity index (χ3n) is 3.15. The lowest BCUT2D eigenvalue weighted by atomic mass is 10.1. The van der Waals surface area contributed by atoms with E-state index in [4.69, 9.17) is 4.74 Å². The highest BCUT2D eigenvalue weighted by atomic mass is 32.2. The molecule has 2 saturated heterocycles. The molecule has 1 N–H and O–H groups in total. The first-order valence-corrected chi connectivity index (χ1v) is 6.64. The SMILES string of the molecule is CC1(C)CNC(C)(C2CCCCS2)O1. The molecule has 3 heteroatoms. The fraction of sp³-hybridized carbons (Fsp3) is 1.00. The van der Waals surface area contributed by atoms with Gasteiger partial charge >= 0.3 is 0 Å². The van der Waals surface area contributed by atoms with Crippen molar-refractivity contribution in [1.29, 1.82) is 0 Å². The van der Waals surface area contributed by atoms with Gasteiger partial charge in [-0.1, -0.05) is 6.42 Å². The lowest BCUT2D eigenvalue weighted by Gasteiger charge is -2.36. The molecule has 14 heavy (non-hydrogen) atoms. The van der Waals surface area contributed by atoms with Crippen molar-refractivity contribution in [3.8, 4) is 0 Å². The van der Waals surface area contributed by atoms with Gasteiger partial charge in [0.25, 0.3) is 0 Å². The molecular weight excluding hydrogens is 194 g/mol. The highest BCUT2D eigenvalue weighted by Gasteiger charge is 2.46. The second-order valence-electron chi connectivity index (χ2n) is 5.18. The number of rotatable bonds is 1. The zero-order valence-electron chi connectivity index (χ0n) is 9.43. The van der Waals surface area contributed by atoms with Crippen molar-refractivity contribution in [1.82, 2.24) is 5.32 Å². The molecule has 2 aliphatic rings. The van der Waals surface area contributed by atoms with Crippen molar-refractivity contribution >= 4 is 11.8 Å². The summed E-state index contributed by atoms with van der Waals surface area (Å²) in [7, 11) is 0. The minimum absolute atomic E-state index is 0.00670. The van der Waals surface area contributed by atoms with Crippen LogP contribution in [0.4, 0.5) is 0 Å². The van der Waals surface area contributed by atoms with Crippen LogP contribution in [0, 0.1) is 0 Å². The van der Waals surface area contributed by atoms with Crippen molar-refractivity contribution < 1.29 is 4.74 Å². The molecule has 0 aliphatic carbocycles. The van der Waals surface area contributed by atoms with Crippen LogP contribution in [0.2, 0.25) is 0 Å². The van der Waals surface area contributed by atoms with Crippen molar-refractivity contribution in [3.05, 3.63) is 0 Å². The molecule has 2 rings (SSSR count). The van der Waals surface area contributed by atoms with Crippen molar-refractivity contribution in [2.75, 3.05) is 12.3 Å². The van der Waals surface area contributed by atoms with Gasteiger partial charge in [-0.15, -0.1) is 0 Å². The summed E-state index contributed by atoms with van der Waals surface area (Å²) in [4.78, 5) is 0. The smallest absolute Gasteiger partial charge is 0.129 e. The topological polar surface area (TPSA) is 21.3 Å². The van der Waals surface area contributed by atoms with E-state index < -0.39 is 0 Å². The molecule has 2 nitrogen and oxygen atoms in total. The summed E-state index contributed by atoms with van der Waals surface area (Å²) in [6.07, 6.45) is 4.03. The van der Waals surface area contributed by atoms with E-state index in [0.29, 0.717) is 5.25 Å². The fourth-order valence-corrected chi connectivity index (χ4v) is 3.83. The molecule has 2 aliphatic heterocycles. The van der Waals surface area contributed by atoms with Gasteiger partial charge in [0, 0.05) is 11.8 Å². The van der Waals surface area contributed by atoms with Gasteiger partial charge in [0.15, 0.2) is 0 Å². The molecule has 0 aromatic rings. The van der Waals surface area contributed by atoms with Crippen LogP contribution in [0.3, 0.4) is 0 Å². The molecule has 0 amide bonds. The van der Waals surface area contributed by atoms with Gasteiger partial charge in [-0.25, -0.2) is 0 Å². The Morgan fingerprint density at radius 3 is 2.57 bits per heavy atom. The van der Waals surface area contributed by atoms with E-state index in [1.54, 1.807) is 0 Å². The third-order valence-corrected chi connectivity index (χ3v) is 4.76. The molecule has 2 fully saturated rings. The van der Waals surface area contributed by atoms with Gasteiger partial charge in [0.05, 0.1) is 5.60 Å². The van der Waals surface area contributed by atoms with Crippen LogP contribution in [0.1, 0.15) is 40.0 Å². The fourth-order valence-electron chi connectivity index (χ4n) is 2.39. The summed E-state index contributed by atoms with van der Waals surface area (Å²) >= 11 is 2.07. The normalized spacial score (nSPS) is 42.6. The largest absolute Gasteiger partial charge is 0.353 e. The van der Waals surface area contributed by atoms with Crippen LogP contribution in [-0.2, 0) is 4.74 Å². The molecule has 2 heterocycles. The average molecular weight is 215 g/mol. The molecule has 2 atom stereocenters. The van der Waals surface area contributed by atoms with Crippen LogP contribution in [0.25, 0.3) is 0 Å². The Bertz CT molecular complexity index is 213. The van der Waals surface area contributed by atoms with Gasteiger partial charge < -0.3 is 4.74 Å². The second kappa shape index (κ2) is 3.69. The predicted molar refractivity (Wildman–Crippen MR) is 61.7 cm³/mol. The number of thioether (sulfide) groups is 1.